The number of carbonyl (C=O) groups excluding carboxylic acids is 1. The number of anilines is 1. The third kappa shape index (κ3) is 4.92. The van der Waals surface area contributed by atoms with E-state index in [9.17, 15) is 4.79 Å². The van der Waals surface area contributed by atoms with E-state index >= 15 is 0 Å². The summed E-state index contributed by atoms with van der Waals surface area (Å²) in [4.78, 5) is 21.8. The molecular formula is C13H21N5O. The molecule has 1 aliphatic heterocycles. The predicted octanol–water partition coefficient (Wildman–Crippen LogP) is 0.346. The van der Waals surface area contributed by atoms with E-state index < -0.39 is 0 Å². The van der Waals surface area contributed by atoms with Crippen molar-refractivity contribution in [2.24, 2.45) is 5.92 Å². The first-order chi connectivity index (χ1) is 9.24. The number of rotatable bonds is 5. The molecule has 0 atom stereocenters. The highest BCUT2D eigenvalue weighted by Crippen LogP contribution is 2.12. The second kappa shape index (κ2) is 7.16. The van der Waals surface area contributed by atoms with Crippen LogP contribution in [0.1, 0.15) is 12.8 Å². The van der Waals surface area contributed by atoms with Crippen molar-refractivity contribution in [2.75, 3.05) is 38.5 Å². The van der Waals surface area contributed by atoms with Crippen molar-refractivity contribution < 1.29 is 4.79 Å². The van der Waals surface area contributed by atoms with Crippen LogP contribution in [0.15, 0.2) is 18.5 Å². The third-order valence-corrected chi connectivity index (χ3v) is 3.26. The van der Waals surface area contributed by atoms with Gasteiger partial charge in [-0.3, -0.25) is 15.0 Å². The van der Waals surface area contributed by atoms with Gasteiger partial charge in [0, 0.05) is 18.9 Å². The van der Waals surface area contributed by atoms with Crippen molar-refractivity contribution in [2.45, 2.75) is 12.8 Å². The molecule has 2 rings (SSSR count). The third-order valence-electron chi connectivity index (χ3n) is 3.26. The van der Waals surface area contributed by atoms with Crippen molar-refractivity contribution in [3.63, 3.8) is 0 Å². The standard InChI is InChI=1S/C13H21N5O/c1-18(9-11-3-7-14-8-4-11)10-12(19)17-13-15-5-2-6-16-13/h2,5-6,11,14H,3-4,7-10H2,1H3,(H,15,16,17,19). The van der Waals surface area contributed by atoms with Gasteiger partial charge in [-0.25, -0.2) is 9.97 Å². The molecule has 1 aliphatic rings. The second-order valence-electron chi connectivity index (χ2n) is 5.01. The molecular weight excluding hydrogens is 242 g/mol. The van der Waals surface area contributed by atoms with E-state index in [0.717, 1.165) is 19.6 Å². The number of aromatic nitrogens is 2. The fourth-order valence-corrected chi connectivity index (χ4v) is 2.34. The van der Waals surface area contributed by atoms with Gasteiger partial charge in [-0.05, 0) is 45.0 Å². The highest BCUT2D eigenvalue weighted by atomic mass is 16.2. The Morgan fingerprint density at radius 3 is 2.79 bits per heavy atom. The van der Waals surface area contributed by atoms with Crippen LogP contribution in [-0.4, -0.2) is 54.0 Å². The molecule has 2 heterocycles. The second-order valence-corrected chi connectivity index (χ2v) is 5.01. The van der Waals surface area contributed by atoms with Crippen LogP contribution < -0.4 is 10.6 Å². The topological polar surface area (TPSA) is 70.2 Å². The summed E-state index contributed by atoms with van der Waals surface area (Å²) in [7, 11) is 1.98. The number of piperidine rings is 1. The lowest BCUT2D eigenvalue weighted by molar-refractivity contribution is -0.117. The number of hydrogen-bond donors (Lipinski definition) is 2. The smallest absolute Gasteiger partial charge is 0.240 e. The molecule has 1 amide bonds. The Labute approximate surface area is 113 Å². The maximum absolute atomic E-state index is 11.8. The fraction of sp³-hybridized carbons (Fsp3) is 0.615. The molecule has 0 unspecified atom stereocenters. The fourth-order valence-electron chi connectivity index (χ4n) is 2.34. The molecule has 1 aromatic heterocycles. The number of amides is 1. The first-order valence-electron chi connectivity index (χ1n) is 6.70. The van der Waals surface area contributed by atoms with Gasteiger partial charge in [0.15, 0.2) is 0 Å². The summed E-state index contributed by atoms with van der Waals surface area (Å²) in [5.41, 5.74) is 0. The molecule has 2 N–H and O–H groups in total. The van der Waals surface area contributed by atoms with Crippen LogP contribution >= 0.6 is 0 Å². The maximum Gasteiger partial charge on any atom is 0.240 e. The van der Waals surface area contributed by atoms with E-state index in [-0.39, 0.29) is 5.91 Å². The molecule has 1 aromatic rings. The molecule has 1 fully saturated rings. The van der Waals surface area contributed by atoms with Crippen LogP contribution in [-0.2, 0) is 4.79 Å². The molecule has 6 nitrogen and oxygen atoms in total. The van der Waals surface area contributed by atoms with Crippen LogP contribution in [0.5, 0.6) is 0 Å². The number of likely N-dealkylation sites (N-methyl/N-ethyl adjacent to an activating group) is 1. The van der Waals surface area contributed by atoms with Crippen LogP contribution in [0, 0.1) is 5.92 Å². The normalized spacial score (nSPS) is 16.5. The van der Waals surface area contributed by atoms with Crippen molar-refractivity contribution >= 4 is 11.9 Å². The molecule has 0 bridgehead atoms. The summed E-state index contributed by atoms with van der Waals surface area (Å²) in [6.07, 6.45) is 5.60. The Kier molecular flexibility index (Phi) is 5.23. The van der Waals surface area contributed by atoms with Crippen LogP contribution in [0.2, 0.25) is 0 Å². The Morgan fingerprint density at radius 1 is 1.42 bits per heavy atom. The average Bonchev–Trinajstić information content (AvgIpc) is 2.40. The van der Waals surface area contributed by atoms with Crippen molar-refractivity contribution in [1.29, 1.82) is 0 Å². The van der Waals surface area contributed by atoms with Crippen molar-refractivity contribution in [3.8, 4) is 0 Å². The van der Waals surface area contributed by atoms with Crippen LogP contribution in [0.3, 0.4) is 0 Å². The van der Waals surface area contributed by atoms with E-state index in [1.54, 1.807) is 18.5 Å². The molecule has 6 heteroatoms. The Bertz CT molecular complexity index is 391. The zero-order valence-corrected chi connectivity index (χ0v) is 11.3. The molecule has 0 spiro atoms. The molecule has 1 saturated heterocycles. The van der Waals surface area contributed by atoms with Gasteiger partial charge >= 0.3 is 0 Å². The first kappa shape index (κ1) is 13.9. The predicted molar refractivity (Wildman–Crippen MR) is 73.8 cm³/mol. The highest BCUT2D eigenvalue weighted by Gasteiger charge is 2.16. The van der Waals surface area contributed by atoms with E-state index in [1.165, 1.54) is 12.8 Å². The zero-order valence-electron chi connectivity index (χ0n) is 11.3. The lowest BCUT2D eigenvalue weighted by Gasteiger charge is -2.27. The van der Waals surface area contributed by atoms with Gasteiger partial charge in [0.05, 0.1) is 6.54 Å². The summed E-state index contributed by atoms with van der Waals surface area (Å²) in [5, 5.41) is 6.04. The quantitative estimate of drug-likeness (QED) is 0.802. The number of nitrogens with zero attached hydrogens (tertiary/aromatic N) is 3. The van der Waals surface area contributed by atoms with Crippen LogP contribution in [0.25, 0.3) is 0 Å². The van der Waals surface area contributed by atoms with Gasteiger partial charge in [-0.15, -0.1) is 0 Å². The lowest BCUT2D eigenvalue weighted by atomic mass is 9.98. The summed E-state index contributed by atoms with van der Waals surface area (Å²) >= 11 is 0. The van der Waals surface area contributed by atoms with Gasteiger partial charge in [0.2, 0.25) is 11.9 Å². The molecule has 0 aliphatic carbocycles. The molecule has 104 valence electrons. The Hall–Kier alpha value is -1.53. The summed E-state index contributed by atoms with van der Waals surface area (Å²) < 4.78 is 0. The van der Waals surface area contributed by atoms with Gasteiger partial charge in [-0.1, -0.05) is 0 Å². The minimum Gasteiger partial charge on any atom is -0.317 e. The number of carbonyl (C=O) groups is 1. The van der Waals surface area contributed by atoms with E-state index in [4.69, 9.17) is 0 Å². The van der Waals surface area contributed by atoms with E-state index in [0.29, 0.717) is 18.4 Å². The highest BCUT2D eigenvalue weighted by molar-refractivity contribution is 5.90. The van der Waals surface area contributed by atoms with Gasteiger partial charge < -0.3 is 5.32 Å². The lowest BCUT2D eigenvalue weighted by Crippen LogP contribution is -2.38. The van der Waals surface area contributed by atoms with E-state index in [2.05, 4.69) is 25.5 Å². The largest absolute Gasteiger partial charge is 0.317 e. The van der Waals surface area contributed by atoms with Gasteiger partial charge in [-0.2, -0.15) is 0 Å². The summed E-state index contributed by atoms with van der Waals surface area (Å²) in [6.45, 7) is 3.51. The summed E-state index contributed by atoms with van der Waals surface area (Å²) in [5.74, 6) is 0.984. The minimum atomic E-state index is -0.0670. The first-order valence-corrected chi connectivity index (χ1v) is 6.70. The Morgan fingerprint density at radius 2 is 2.11 bits per heavy atom. The monoisotopic (exact) mass is 263 g/mol. The average molecular weight is 263 g/mol. The SMILES string of the molecule is CN(CC(=O)Nc1ncccn1)CC1CCNCC1. The van der Waals surface area contributed by atoms with E-state index in [1.807, 2.05) is 7.05 Å². The number of hydrogen-bond acceptors (Lipinski definition) is 5. The molecule has 0 aromatic carbocycles. The van der Waals surface area contributed by atoms with Crippen molar-refractivity contribution in [3.05, 3.63) is 18.5 Å². The summed E-state index contributed by atoms with van der Waals surface area (Å²) in [6, 6.07) is 1.72. The Balaban J connectivity index is 1.72. The van der Waals surface area contributed by atoms with Gasteiger partial charge in [0.1, 0.15) is 0 Å². The number of nitrogens with one attached hydrogen (secondary N) is 2. The van der Waals surface area contributed by atoms with Crippen LogP contribution in [0.4, 0.5) is 5.95 Å². The van der Waals surface area contributed by atoms with Gasteiger partial charge in [0.25, 0.3) is 0 Å². The maximum atomic E-state index is 11.8. The minimum absolute atomic E-state index is 0.0670. The van der Waals surface area contributed by atoms with Crippen molar-refractivity contribution in [1.82, 2.24) is 20.2 Å². The molecule has 19 heavy (non-hydrogen) atoms. The molecule has 0 radical (unpaired) electrons. The molecule has 0 saturated carbocycles. The zero-order chi connectivity index (χ0) is 13.5.